The summed E-state index contributed by atoms with van der Waals surface area (Å²) in [6.45, 7) is 1.71. The van der Waals surface area contributed by atoms with E-state index in [1.165, 1.54) is 12.3 Å². The highest BCUT2D eigenvalue weighted by Crippen LogP contribution is 2.08. The number of aromatic amines is 1. The van der Waals surface area contributed by atoms with Gasteiger partial charge in [-0.3, -0.25) is 9.78 Å². The van der Waals surface area contributed by atoms with E-state index in [-0.39, 0.29) is 6.42 Å². The maximum absolute atomic E-state index is 11.8. The molecule has 2 rings (SSSR count). The Kier molecular flexibility index (Phi) is 4.39. The average molecular weight is 291 g/mol. The van der Waals surface area contributed by atoms with Crippen LogP contribution < -0.4 is 10.6 Å². The van der Waals surface area contributed by atoms with Gasteiger partial charge in [0.15, 0.2) is 5.82 Å². The van der Waals surface area contributed by atoms with Crippen molar-refractivity contribution in [3.8, 4) is 0 Å². The number of amides is 2. The maximum atomic E-state index is 11.8. The molecular formula is C11H13N7O3. The first-order valence-electron chi connectivity index (χ1n) is 6.02. The fraction of sp³-hybridized carbons (Fsp3) is 0.273. The van der Waals surface area contributed by atoms with Crippen molar-refractivity contribution in [3.05, 3.63) is 29.8 Å². The summed E-state index contributed by atoms with van der Waals surface area (Å²) in [5, 5.41) is 27.0. The van der Waals surface area contributed by atoms with Crippen molar-refractivity contribution in [2.75, 3.05) is 5.32 Å². The molecule has 0 aliphatic carbocycles. The van der Waals surface area contributed by atoms with Crippen LogP contribution in [0.15, 0.2) is 18.3 Å². The Morgan fingerprint density at radius 1 is 1.43 bits per heavy atom. The molecule has 0 aliphatic rings. The summed E-state index contributed by atoms with van der Waals surface area (Å²) in [6, 6.07) is 2.24. The van der Waals surface area contributed by atoms with Gasteiger partial charge in [0.25, 0.3) is 0 Å². The number of aromatic nitrogens is 5. The second kappa shape index (κ2) is 6.41. The van der Waals surface area contributed by atoms with Gasteiger partial charge in [-0.05, 0) is 19.1 Å². The van der Waals surface area contributed by atoms with Crippen molar-refractivity contribution in [1.82, 2.24) is 30.9 Å². The molecule has 2 aromatic rings. The fourth-order valence-corrected chi connectivity index (χ4v) is 1.54. The Hall–Kier alpha value is -3.04. The maximum Gasteiger partial charge on any atom is 0.319 e. The van der Waals surface area contributed by atoms with Gasteiger partial charge in [0.05, 0.1) is 30.0 Å². The van der Waals surface area contributed by atoms with Crippen molar-refractivity contribution in [3.63, 3.8) is 0 Å². The molecule has 0 saturated carbocycles. The lowest BCUT2D eigenvalue weighted by molar-refractivity contribution is -0.136. The van der Waals surface area contributed by atoms with Crippen LogP contribution in [0.1, 0.15) is 24.5 Å². The monoisotopic (exact) mass is 291 g/mol. The SMILES string of the molecule is CC(NC(=O)Nc1ccc(CC(=O)O)nc1)c1nn[nH]n1. The van der Waals surface area contributed by atoms with Crippen molar-refractivity contribution >= 4 is 17.7 Å². The Labute approximate surface area is 119 Å². The van der Waals surface area contributed by atoms with Crippen LogP contribution in [0.25, 0.3) is 0 Å². The lowest BCUT2D eigenvalue weighted by Crippen LogP contribution is -2.31. The van der Waals surface area contributed by atoms with E-state index in [0.717, 1.165) is 0 Å². The van der Waals surface area contributed by atoms with Crippen LogP contribution in [0.5, 0.6) is 0 Å². The molecule has 0 bridgehead atoms. The van der Waals surface area contributed by atoms with Crippen molar-refractivity contribution in [2.24, 2.45) is 0 Å². The molecule has 1 atom stereocenters. The lowest BCUT2D eigenvalue weighted by atomic mass is 10.2. The van der Waals surface area contributed by atoms with Crippen molar-refractivity contribution < 1.29 is 14.7 Å². The number of tetrazole rings is 1. The third kappa shape index (κ3) is 4.23. The molecule has 0 aliphatic heterocycles. The number of pyridine rings is 1. The van der Waals surface area contributed by atoms with Crippen LogP contribution >= 0.6 is 0 Å². The summed E-state index contributed by atoms with van der Waals surface area (Å²) in [5.74, 6) is -0.602. The van der Waals surface area contributed by atoms with E-state index >= 15 is 0 Å². The first-order valence-corrected chi connectivity index (χ1v) is 6.02. The second-order valence-electron chi connectivity index (χ2n) is 4.20. The molecule has 0 radical (unpaired) electrons. The van der Waals surface area contributed by atoms with Crippen LogP contribution in [-0.4, -0.2) is 42.7 Å². The molecule has 10 nitrogen and oxygen atoms in total. The lowest BCUT2D eigenvalue weighted by Gasteiger charge is -2.11. The second-order valence-corrected chi connectivity index (χ2v) is 4.20. The number of H-pyrrole nitrogens is 1. The quantitative estimate of drug-likeness (QED) is 0.611. The number of carboxylic acids is 1. The molecule has 21 heavy (non-hydrogen) atoms. The van der Waals surface area contributed by atoms with E-state index in [9.17, 15) is 9.59 Å². The number of carboxylic acid groups (broad SMARTS) is 1. The molecule has 0 spiro atoms. The van der Waals surface area contributed by atoms with Gasteiger partial charge in [-0.1, -0.05) is 5.21 Å². The van der Waals surface area contributed by atoms with Gasteiger partial charge in [-0.25, -0.2) is 4.79 Å². The number of carbonyl (C=O) groups excluding carboxylic acids is 1. The predicted octanol–water partition coefficient (Wildman–Crippen LogP) is 0.104. The van der Waals surface area contributed by atoms with Gasteiger partial charge < -0.3 is 15.7 Å². The van der Waals surface area contributed by atoms with E-state index in [1.54, 1.807) is 13.0 Å². The highest BCUT2D eigenvalue weighted by molar-refractivity contribution is 5.89. The normalized spacial score (nSPS) is 11.7. The van der Waals surface area contributed by atoms with Gasteiger partial charge in [0.1, 0.15) is 0 Å². The topological polar surface area (TPSA) is 146 Å². The smallest absolute Gasteiger partial charge is 0.319 e. The number of nitrogens with zero attached hydrogens (tertiary/aromatic N) is 4. The third-order valence-corrected chi connectivity index (χ3v) is 2.51. The Bertz CT molecular complexity index is 611. The van der Waals surface area contributed by atoms with Crippen LogP contribution in [0, 0.1) is 0 Å². The molecule has 0 fully saturated rings. The van der Waals surface area contributed by atoms with Gasteiger partial charge in [-0.2, -0.15) is 5.21 Å². The Morgan fingerprint density at radius 2 is 2.24 bits per heavy atom. The summed E-state index contributed by atoms with van der Waals surface area (Å²) < 4.78 is 0. The van der Waals surface area contributed by atoms with E-state index < -0.39 is 18.0 Å². The number of nitrogens with one attached hydrogen (secondary N) is 3. The number of hydrogen-bond acceptors (Lipinski definition) is 6. The molecule has 2 heterocycles. The zero-order chi connectivity index (χ0) is 15.2. The van der Waals surface area contributed by atoms with E-state index in [1.807, 2.05) is 0 Å². The van der Waals surface area contributed by atoms with Crippen LogP contribution in [0.3, 0.4) is 0 Å². The minimum atomic E-state index is -0.963. The minimum Gasteiger partial charge on any atom is -0.481 e. The largest absolute Gasteiger partial charge is 0.481 e. The van der Waals surface area contributed by atoms with E-state index in [4.69, 9.17) is 5.11 Å². The first-order chi connectivity index (χ1) is 10.0. The molecular weight excluding hydrogens is 278 g/mol. The zero-order valence-electron chi connectivity index (χ0n) is 11.1. The van der Waals surface area contributed by atoms with Gasteiger partial charge >= 0.3 is 12.0 Å². The summed E-state index contributed by atoms with van der Waals surface area (Å²) in [4.78, 5) is 26.2. The fourth-order valence-electron chi connectivity index (χ4n) is 1.54. The number of urea groups is 1. The third-order valence-electron chi connectivity index (χ3n) is 2.51. The number of hydrogen-bond donors (Lipinski definition) is 4. The molecule has 4 N–H and O–H groups in total. The summed E-state index contributed by atoms with van der Waals surface area (Å²) in [5.41, 5.74) is 0.857. The molecule has 0 saturated heterocycles. The van der Waals surface area contributed by atoms with Crippen LogP contribution in [0.2, 0.25) is 0 Å². The van der Waals surface area contributed by atoms with Crippen LogP contribution in [-0.2, 0) is 11.2 Å². The van der Waals surface area contributed by atoms with Crippen LogP contribution in [0.4, 0.5) is 10.5 Å². The van der Waals surface area contributed by atoms with Gasteiger partial charge in [0.2, 0.25) is 0 Å². The highest BCUT2D eigenvalue weighted by Gasteiger charge is 2.13. The van der Waals surface area contributed by atoms with Crippen molar-refractivity contribution in [2.45, 2.75) is 19.4 Å². The number of anilines is 1. The molecule has 0 aromatic carbocycles. The number of rotatable bonds is 5. The summed E-state index contributed by atoms with van der Waals surface area (Å²) >= 11 is 0. The van der Waals surface area contributed by atoms with Gasteiger partial charge in [-0.15, -0.1) is 10.2 Å². The molecule has 1 unspecified atom stereocenters. The molecule has 2 amide bonds. The van der Waals surface area contributed by atoms with E-state index in [2.05, 4.69) is 36.2 Å². The molecule has 2 aromatic heterocycles. The Balaban J connectivity index is 1.89. The summed E-state index contributed by atoms with van der Waals surface area (Å²) in [7, 11) is 0. The number of carbonyl (C=O) groups is 2. The summed E-state index contributed by atoms with van der Waals surface area (Å²) in [6.07, 6.45) is 1.22. The van der Waals surface area contributed by atoms with Gasteiger partial charge in [0, 0.05) is 0 Å². The zero-order valence-corrected chi connectivity index (χ0v) is 11.1. The first kappa shape index (κ1) is 14.4. The standard InChI is InChI=1S/C11H13N7O3/c1-6(10-15-17-18-16-10)13-11(21)14-8-3-2-7(12-5-8)4-9(19)20/h2-3,5-6H,4H2,1H3,(H,19,20)(H2,13,14,21)(H,15,16,17,18). The van der Waals surface area contributed by atoms with Crippen molar-refractivity contribution in [1.29, 1.82) is 0 Å². The minimum absolute atomic E-state index is 0.165. The Morgan fingerprint density at radius 3 is 2.81 bits per heavy atom. The van der Waals surface area contributed by atoms with E-state index in [0.29, 0.717) is 17.2 Å². The molecule has 110 valence electrons. The number of aliphatic carboxylic acids is 1. The average Bonchev–Trinajstić information content (AvgIpc) is 2.94. The highest BCUT2D eigenvalue weighted by atomic mass is 16.4. The predicted molar refractivity (Wildman–Crippen MR) is 70.3 cm³/mol. The molecule has 10 heteroatoms.